The summed E-state index contributed by atoms with van der Waals surface area (Å²) in [5.41, 5.74) is -1.17. The quantitative estimate of drug-likeness (QED) is 0.470. The molecule has 0 spiro atoms. The number of rotatable bonds is 2. The van der Waals surface area contributed by atoms with E-state index in [0.717, 1.165) is 0 Å². The minimum Gasteiger partial charge on any atom is -0.314 e. The number of carbonyl (C=O) groups is 2. The number of anilines is 1. The zero-order valence-electron chi connectivity index (χ0n) is 10.3. The number of hydrogen-bond donors (Lipinski definition) is 0. The van der Waals surface area contributed by atoms with Crippen molar-refractivity contribution in [2.24, 2.45) is 5.41 Å². The molecule has 2 rings (SSSR count). The van der Waals surface area contributed by atoms with Crippen molar-refractivity contribution >= 4 is 29.0 Å². The van der Waals surface area contributed by atoms with E-state index in [1.807, 2.05) is 0 Å². The molecule has 0 unspecified atom stereocenters. The van der Waals surface area contributed by atoms with Crippen LogP contribution in [0.3, 0.4) is 0 Å². The number of fused-ring (bicyclic) bond motifs is 1. The molecule has 1 atom stereocenters. The second-order valence-electron chi connectivity index (χ2n) is 4.65. The number of hydrogen-bond acceptors (Lipinski definition) is 4. The topological polar surface area (TPSA) is 80.5 Å². The van der Waals surface area contributed by atoms with E-state index in [0.29, 0.717) is 5.69 Å². The molecule has 0 aliphatic carbocycles. The van der Waals surface area contributed by atoms with Crippen molar-refractivity contribution < 1.29 is 14.5 Å². The summed E-state index contributed by atoms with van der Waals surface area (Å²) in [6.45, 7) is 0.531. The van der Waals surface area contributed by atoms with Gasteiger partial charge < -0.3 is 4.90 Å². The van der Waals surface area contributed by atoms with Crippen LogP contribution in [0.25, 0.3) is 0 Å². The van der Waals surface area contributed by atoms with Gasteiger partial charge in [-0.1, -0.05) is 17.7 Å². The van der Waals surface area contributed by atoms with Crippen LogP contribution in [0.5, 0.6) is 0 Å². The Morgan fingerprint density at radius 3 is 2.63 bits per heavy atom. The first-order valence-electron chi connectivity index (χ1n) is 5.52. The highest BCUT2D eigenvalue weighted by atomic mass is 35.5. The highest BCUT2D eigenvalue weighted by molar-refractivity contribution is 6.37. The fourth-order valence-corrected chi connectivity index (χ4v) is 2.52. The van der Waals surface area contributed by atoms with Gasteiger partial charge in [0.2, 0.25) is 12.5 Å². The Hall–Kier alpha value is -1.95. The van der Waals surface area contributed by atoms with Crippen LogP contribution in [0.2, 0.25) is 5.02 Å². The maximum absolute atomic E-state index is 12.4. The molecule has 0 saturated carbocycles. The first-order valence-corrected chi connectivity index (χ1v) is 5.90. The fourth-order valence-electron chi connectivity index (χ4n) is 2.27. The third-order valence-corrected chi connectivity index (χ3v) is 3.62. The van der Waals surface area contributed by atoms with Crippen LogP contribution < -0.4 is 4.90 Å². The van der Waals surface area contributed by atoms with Crippen molar-refractivity contribution in [1.29, 1.82) is 0 Å². The van der Waals surface area contributed by atoms with Crippen LogP contribution in [-0.4, -0.2) is 30.2 Å². The molecule has 1 heterocycles. The van der Waals surface area contributed by atoms with Gasteiger partial charge in [-0.2, -0.15) is 0 Å². The number of nitro groups is 1. The van der Waals surface area contributed by atoms with Gasteiger partial charge in [0, 0.05) is 12.0 Å². The summed E-state index contributed by atoms with van der Waals surface area (Å²) >= 11 is 5.99. The van der Waals surface area contributed by atoms with Gasteiger partial charge in [0.25, 0.3) is 0 Å². The molecular formula is C12H11ClN2O4. The molecule has 1 aromatic rings. The molecule has 1 amide bonds. The zero-order valence-corrected chi connectivity index (χ0v) is 11.1. The fraction of sp³-hybridized carbons (Fsp3) is 0.333. The summed E-state index contributed by atoms with van der Waals surface area (Å²) in [7, 11) is 1.47. The lowest BCUT2D eigenvalue weighted by Gasteiger charge is -2.35. The maximum Gasteiger partial charge on any atom is 0.247 e. The van der Waals surface area contributed by atoms with Crippen molar-refractivity contribution in [3.05, 3.63) is 38.9 Å². The standard InChI is InChI=1S/C12H11ClN2O4/c1-12(6-15(18)19)10(16)9-7(13)4-3-5-8(9)14(2)11(12)17/h3-5H,6H2,1-2H3/t12-/m1/s1. The molecule has 0 aromatic heterocycles. The van der Waals surface area contributed by atoms with Crippen molar-refractivity contribution in [3.63, 3.8) is 0 Å². The Labute approximate surface area is 114 Å². The van der Waals surface area contributed by atoms with Crippen LogP contribution >= 0.6 is 11.6 Å². The van der Waals surface area contributed by atoms with Gasteiger partial charge in [-0.3, -0.25) is 19.7 Å². The normalized spacial score (nSPS) is 22.4. The Morgan fingerprint density at radius 2 is 2.05 bits per heavy atom. The van der Waals surface area contributed by atoms with Gasteiger partial charge in [0.05, 0.1) is 16.3 Å². The van der Waals surface area contributed by atoms with E-state index < -0.39 is 28.6 Å². The number of halogens is 1. The summed E-state index contributed by atoms with van der Waals surface area (Å²) in [4.78, 5) is 35.9. The van der Waals surface area contributed by atoms with Crippen molar-refractivity contribution in [2.45, 2.75) is 6.92 Å². The lowest BCUT2D eigenvalue weighted by Crippen LogP contribution is -2.53. The van der Waals surface area contributed by atoms with Crippen LogP contribution in [0.15, 0.2) is 18.2 Å². The second kappa shape index (κ2) is 4.31. The van der Waals surface area contributed by atoms with E-state index >= 15 is 0 Å². The molecule has 100 valence electrons. The summed E-state index contributed by atoms with van der Waals surface area (Å²) < 4.78 is 0. The number of benzene rings is 1. The van der Waals surface area contributed by atoms with Gasteiger partial charge in [0.1, 0.15) is 0 Å². The van der Waals surface area contributed by atoms with E-state index in [9.17, 15) is 19.7 Å². The van der Waals surface area contributed by atoms with E-state index in [1.54, 1.807) is 12.1 Å². The van der Waals surface area contributed by atoms with E-state index in [1.165, 1.54) is 24.9 Å². The molecule has 0 bridgehead atoms. The number of ketones is 1. The third kappa shape index (κ3) is 1.88. The Morgan fingerprint density at radius 1 is 1.42 bits per heavy atom. The van der Waals surface area contributed by atoms with Crippen LogP contribution in [0.4, 0.5) is 5.69 Å². The molecule has 0 fully saturated rings. The Kier molecular flexibility index (Phi) is 3.06. The third-order valence-electron chi connectivity index (χ3n) is 3.30. The molecule has 1 aliphatic heterocycles. The van der Waals surface area contributed by atoms with Gasteiger partial charge in [0.15, 0.2) is 11.2 Å². The predicted octanol–water partition coefficient (Wildman–Crippen LogP) is 1.78. The largest absolute Gasteiger partial charge is 0.314 e. The second-order valence-corrected chi connectivity index (χ2v) is 5.06. The number of Topliss-reactive ketones (excluding diaryl/α,β-unsaturated/α-hetero) is 1. The van der Waals surface area contributed by atoms with Gasteiger partial charge >= 0.3 is 0 Å². The minimum absolute atomic E-state index is 0.163. The Balaban J connectivity index is 2.66. The molecule has 0 saturated heterocycles. The summed E-state index contributed by atoms with van der Waals surface area (Å²) in [5.74, 6) is -1.20. The SMILES string of the molecule is CN1C(=O)[C@](C)(C[N+](=O)[O-])C(=O)c2c(Cl)cccc21. The summed E-state index contributed by atoms with van der Waals surface area (Å²) in [5, 5.41) is 10.9. The molecule has 6 nitrogen and oxygen atoms in total. The minimum atomic E-state index is -1.71. The van der Waals surface area contributed by atoms with E-state index in [4.69, 9.17) is 11.6 Å². The molecule has 0 radical (unpaired) electrons. The van der Waals surface area contributed by atoms with Crippen LogP contribution in [0, 0.1) is 15.5 Å². The van der Waals surface area contributed by atoms with Crippen LogP contribution in [0.1, 0.15) is 17.3 Å². The van der Waals surface area contributed by atoms with Crippen molar-refractivity contribution in [3.8, 4) is 0 Å². The number of amides is 1. The highest BCUT2D eigenvalue weighted by Gasteiger charge is 2.52. The predicted molar refractivity (Wildman–Crippen MR) is 69.2 cm³/mol. The first-order chi connectivity index (χ1) is 8.79. The summed E-state index contributed by atoms with van der Waals surface area (Å²) in [6.07, 6.45) is 0. The monoisotopic (exact) mass is 282 g/mol. The van der Waals surface area contributed by atoms with Crippen LogP contribution in [-0.2, 0) is 4.79 Å². The van der Waals surface area contributed by atoms with Crippen molar-refractivity contribution in [2.75, 3.05) is 18.5 Å². The average Bonchev–Trinajstić information content (AvgIpc) is 2.33. The molecular weight excluding hydrogens is 272 g/mol. The van der Waals surface area contributed by atoms with E-state index in [2.05, 4.69) is 0 Å². The average molecular weight is 283 g/mol. The molecule has 1 aromatic carbocycles. The molecule has 0 N–H and O–H groups in total. The van der Waals surface area contributed by atoms with Gasteiger partial charge in [-0.25, -0.2) is 0 Å². The number of carbonyl (C=O) groups excluding carboxylic acids is 2. The molecule has 1 aliphatic rings. The first kappa shape index (κ1) is 13.5. The lowest BCUT2D eigenvalue weighted by molar-refractivity contribution is -0.489. The molecule has 19 heavy (non-hydrogen) atoms. The van der Waals surface area contributed by atoms with E-state index in [-0.39, 0.29) is 10.6 Å². The smallest absolute Gasteiger partial charge is 0.247 e. The highest BCUT2D eigenvalue weighted by Crippen LogP contribution is 2.40. The lowest BCUT2D eigenvalue weighted by atomic mass is 9.77. The number of nitrogens with zero attached hydrogens (tertiary/aromatic N) is 2. The molecule has 7 heteroatoms. The maximum atomic E-state index is 12.4. The van der Waals surface area contributed by atoms with Gasteiger partial charge in [-0.15, -0.1) is 0 Å². The summed E-state index contributed by atoms with van der Waals surface area (Å²) in [6, 6.07) is 4.73. The van der Waals surface area contributed by atoms with Crippen molar-refractivity contribution in [1.82, 2.24) is 0 Å². The Bertz CT molecular complexity index is 601. The zero-order chi connectivity index (χ0) is 14.4. The van der Waals surface area contributed by atoms with Gasteiger partial charge in [-0.05, 0) is 19.1 Å².